The van der Waals surface area contributed by atoms with Crippen LogP contribution in [0.2, 0.25) is 5.02 Å². The van der Waals surface area contributed by atoms with Crippen LogP contribution in [0, 0.1) is 0 Å². The molecule has 1 N–H and O–H groups in total. The number of fused-ring (bicyclic) bond motifs is 2. The number of aliphatic hydroxyl groups is 1. The van der Waals surface area contributed by atoms with Crippen molar-refractivity contribution in [3.8, 4) is 0 Å². The molecule has 1 aliphatic heterocycles. The zero-order valence-corrected chi connectivity index (χ0v) is 29.8. The number of benzene rings is 2. The van der Waals surface area contributed by atoms with Crippen molar-refractivity contribution < 1.29 is 19.4 Å². The van der Waals surface area contributed by atoms with E-state index in [1.807, 2.05) is 64.3 Å². The Labute approximate surface area is 305 Å². The van der Waals surface area contributed by atoms with E-state index in [4.69, 9.17) is 21.3 Å². The van der Waals surface area contributed by atoms with Crippen LogP contribution in [0.4, 0.5) is 4.79 Å². The van der Waals surface area contributed by atoms with Gasteiger partial charge in [-0.2, -0.15) is 0 Å². The number of carbonyl (C=O) groups excluding carboxylic acids is 2. The number of pyridine rings is 1. The van der Waals surface area contributed by atoms with Crippen molar-refractivity contribution in [3.63, 3.8) is 0 Å². The quantitative estimate of drug-likeness (QED) is 0.210. The van der Waals surface area contributed by atoms with Crippen LogP contribution < -0.4 is 0 Å². The lowest BCUT2D eigenvalue weighted by Crippen LogP contribution is -2.62. The maximum atomic E-state index is 15.0. The molecule has 11 heteroatoms. The minimum atomic E-state index is -0.758. The van der Waals surface area contributed by atoms with Gasteiger partial charge in [0.1, 0.15) is 24.6 Å². The third-order valence-electron chi connectivity index (χ3n) is 10.7. The smallest absolute Gasteiger partial charge is 0.410 e. The van der Waals surface area contributed by atoms with E-state index in [0.29, 0.717) is 56.5 Å². The van der Waals surface area contributed by atoms with Crippen molar-refractivity contribution >= 4 is 23.6 Å². The van der Waals surface area contributed by atoms with Crippen molar-refractivity contribution in [1.29, 1.82) is 0 Å². The molecule has 2 amide bonds. The lowest BCUT2D eigenvalue weighted by molar-refractivity contribution is -0.140. The molecule has 268 valence electrons. The first-order valence-electron chi connectivity index (χ1n) is 18.4. The SMILES string of the molecule is O=C([C@H]1CN(C2c3ccc(Cl)cc3CCc3cccnc32)CCN1C(=O)OC1CCCCC1)N(CCCn1ccnc1CO)Cc1ccccc1. The number of halogens is 1. The van der Waals surface area contributed by atoms with Crippen molar-refractivity contribution in [3.05, 3.63) is 118 Å². The summed E-state index contributed by atoms with van der Waals surface area (Å²) in [4.78, 5) is 44.1. The highest BCUT2D eigenvalue weighted by atomic mass is 35.5. The summed E-state index contributed by atoms with van der Waals surface area (Å²) >= 11 is 6.51. The number of carbonyl (C=O) groups is 2. The Morgan fingerprint density at radius 1 is 0.941 bits per heavy atom. The number of hydrogen-bond acceptors (Lipinski definition) is 7. The summed E-state index contributed by atoms with van der Waals surface area (Å²) in [5.74, 6) is 0.484. The average molecular weight is 711 g/mol. The van der Waals surface area contributed by atoms with Crippen LogP contribution in [0.15, 0.2) is 79.3 Å². The lowest BCUT2D eigenvalue weighted by atomic mass is 9.95. The van der Waals surface area contributed by atoms with E-state index in [0.717, 1.165) is 61.8 Å². The Bertz CT molecular complexity index is 1790. The van der Waals surface area contributed by atoms with Crippen molar-refractivity contribution in [2.24, 2.45) is 0 Å². The molecule has 2 aliphatic carbocycles. The van der Waals surface area contributed by atoms with Gasteiger partial charge in [-0.25, -0.2) is 9.78 Å². The van der Waals surface area contributed by atoms with E-state index >= 15 is 4.79 Å². The molecular weight excluding hydrogens is 664 g/mol. The molecule has 0 radical (unpaired) electrons. The Hall–Kier alpha value is -4.25. The van der Waals surface area contributed by atoms with Crippen LogP contribution in [-0.4, -0.2) is 84.7 Å². The fraction of sp³-hybridized carbons (Fsp3) is 0.450. The second-order valence-electron chi connectivity index (χ2n) is 13.9. The van der Waals surface area contributed by atoms with E-state index in [1.165, 1.54) is 11.1 Å². The Balaban J connectivity index is 1.21. The number of aryl methyl sites for hydroxylation is 3. The Kier molecular flexibility index (Phi) is 11.3. The minimum absolute atomic E-state index is 0.108. The van der Waals surface area contributed by atoms with Crippen LogP contribution >= 0.6 is 11.6 Å². The third-order valence-corrected chi connectivity index (χ3v) is 10.9. The van der Waals surface area contributed by atoms with Crippen LogP contribution in [-0.2, 0) is 42.1 Å². The monoisotopic (exact) mass is 710 g/mol. The van der Waals surface area contributed by atoms with Crippen LogP contribution in [0.3, 0.4) is 0 Å². The molecule has 10 nitrogen and oxygen atoms in total. The topological polar surface area (TPSA) is 104 Å². The first-order chi connectivity index (χ1) is 25.0. The number of nitrogens with zero attached hydrogens (tertiary/aromatic N) is 6. The Morgan fingerprint density at radius 3 is 2.59 bits per heavy atom. The first kappa shape index (κ1) is 35.2. The van der Waals surface area contributed by atoms with Gasteiger partial charge in [0.25, 0.3) is 0 Å². The molecule has 4 aromatic rings. The van der Waals surface area contributed by atoms with E-state index in [2.05, 4.69) is 28.1 Å². The predicted molar refractivity (Wildman–Crippen MR) is 195 cm³/mol. The van der Waals surface area contributed by atoms with Gasteiger partial charge in [0.05, 0.1) is 11.7 Å². The van der Waals surface area contributed by atoms with Gasteiger partial charge in [-0.15, -0.1) is 0 Å². The molecule has 1 unspecified atom stereocenters. The summed E-state index contributed by atoms with van der Waals surface area (Å²) in [6.45, 7) is 2.59. The van der Waals surface area contributed by atoms with E-state index in [9.17, 15) is 9.90 Å². The molecule has 3 heterocycles. The zero-order valence-electron chi connectivity index (χ0n) is 29.1. The molecule has 0 bridgehead atoms. The standard InChI is InChI=1S/C40H47ClN6O4/c41-32-16-17-34-31(25-32)15-14-30-11-7-18-43-37(30)38(34)45-23-24-47(40(50)51-33-12-5-2-6-13-33)35(27-45)39(49)46(26-29-9-3-1-4-10-29)21-8-20-44-22-19-42-36(44)28-48/h1,3-4,7,9-11,16-19,22,25,33,35,38,48H,2,5-6,8,12-15,20-21,23-24,26-28H2/t35-,38?/m1/s1. The maximum absolute atomic E-state index is 15.0. The maximum Gasteiger partial charge on any atom is 0.410 e. The first-order valence-corrected chi connectivity index (χ1v) is 18.7. The van der Waals surface area contributed by atoms with Gasteiger partial charge in [-0.3, -0.25) is 19.6 Å². The van der Waals surface area contributed by atoms with Gasteiger partial charge in [0.2, 0.25) is 5.91 Å². The van der Waals surface area contributed by atoms with Crippen molar-refractivity contribution in [1.82, 2.24) is 29.2 Å². The largest absolute Gasteiger partial charge is 0.446 e. The summed E-state index contributed by atoms with van der Waals surface area (Å²) in [7, 11) is 0. The Morgan fingerprint density at radius 2 is 1.76 bits per heavy atom. The van der Waals surface area contributed by atoms with Gasteiger partial charge >= 0.3 is 6.09 Å². The minimum Gasteiger partial charge on any atom is -0.446 e. The molecule has 2 atom stereocenters. The molecule has 2 fully saturated rings. The average Bonchev–Trinajstić information content (AvgIpc) is 3.56. The van der Waals surface area contributed by atoms with E-state index < -0.39 is 12.1 Å². The number of imidazole rings is 1. The molecule has 1 saturated carbocycles. The summed E-state index contributed by atoms with van der Waals surface area (Å²) < 4.78 is 8.05. The number of ether oxygens (including phenoxy) is 1. The van der Waals surface area contributed by atoms with Gasteiger partial charge in [0.15, 0.2) is 0 Å². The molecule has 2 aromatic heterocycles. The van der Waals surface area contributed by atoms with Crippen molar-refractivity contribution in [2.45, 2.75) is 89.3 Å². The number of rotatable bonds is 10. The molecule has 51 heavy (non-hydrogen) atoms. The fourth-order valence-corrected chi connectivity index (χ4v) is 8.22. The highest BCUT2D eigenvalue weighted by Crippen LogP contribution is 2.38. The summed E-state index contributed by atoms with van der Waals surface area (Å²) in [6.07, 6.45) is 12.2. The second kappa shape index (κ2) is 16.4. The molecule has 0 spiro atoms. The molecule has 1 saturated heterocycles. The molecule has 3 aliphatic rings. The van der Waals surface area contributed by atoms with E-state index in [1.54, 1.807) is 11.1 Å². The molecule has 2 aromatic carbocycles. The number of amides is 2. The number of aromatic nitrogens is 3. The molecule has 7 rings (SSSR count). The van der Waals surface area contributed by atoms with Crippen molar-refractivity contribution in [2.75, 3.05) is 26.2 Å². The van der Waals surface area contributed by atoms with Crippen LogP contribution in [0.25, 0.3) is 0 Å². The number of aliphatic hydroxyl groups excluding tert-OH is 1. The highest BCUT2D eigenvalue weighted by molar-refractivity contribution is 6.30. The fourth-order valence-electron chi connectivity index (χ4n) is 8.02. The van der Waals surface area contributed by atoms with Crippen LogP contribution in [0.5, 0.6) is 0 Å². The van der Waals surface area contributed by atoms with Gasteiger partial charge in [-0.05, 0) is 85.4 Å². The predicted octanol–water partition coefficient (Wildman–Crippen LogP) is 6.19. The number of piperazine rings is 1. The lowest BCUT2D eigenvalue weighted by Gasteiger charge is -2.45. The van der Waals surface area contributed by atoms with Gasteiger partial charge < -0.3 is 19.3 Å². The van der Waals surface area contributed by atoms with Crippen LogP contribution in [0.1, 0.15) is 78.3 Å². The number of hydrogen-bond donors (Lipinski definition) is 1. The third kappa shape index (κ3) is 8.14. The normalized spacial score (nSPS) is 19.5. The second-order valence-corrected chi connectivity index (χ2v) is 14.4. The van der Waals surface area contributed by atoms with Gasteiger partial charge in [-0.1, -0.05) is 60.5 Å². The summed E-state index contributed by atoms with van der Waals surface area (Å²) in [6, 6.07) is 19.3. The van der Waals surface area contributed by atoms with E-state index in [-0.39, 0.29) is 24.7 Å². The summed E-state index contributed by atoms with van der Waals surface area (Å²) in [5.41, 5.74) is 5.51. The molecular formula is C40H47ClN6O4. The highest BCUT2D eigenvalue weighted by Gasteiger charge is 2.42. The summed E-state index contributed by atoms with van der Waals surface area (Å²) in [5, 5.41) is 10.4. The van der Waals surface area contributed by atoms with Gasteiger partial charge in [0, 0.05) is 62.9 Å². The zero-order chi connectivity index (χ0) is 35.2.